The standard InChI is InChI=1S/C17H25N3/c1-5-13(4)15-16(18)20(17(19-15)12(2)3)11-14-9-7-6-8-10-14/h6-10,12-13H,5,11,18H2,1-4H3. The van der Waals surface area contributed by atoms with Crippen molar-refractivity contribution in [1.82, 2.24) is 9.55 Å². The van der Waals surface area contributed by atoms with Crippen LogP contribution in [0.4, 0.5) is 5.82 Å². The quantitative estimate of drug-likeness (QED) is 0.887. The molecule has 0 bridgehead atoms. The van der Waals surface area contributed by atoms with Crippen LogP contribution in [0.15, 0.2) is 30.3 Å². The second-order valence-corrected chi connectivity index (χ2v) is 5.78. The van der Waals surface area contributed by atoms with E-state index in [0.29, 0.717) is 11.8 Å². The number of aromatic nitrogens is 2. The maximum absolute atomic E-state index is 6.37. The van der Waals surface area contributed by atoms with E-state index >= 15 is 0 Å². The van der Waals surface area contributed by atoms with Gasteiger partial charge < -0.3 is 10.3 Å². The number of hydrogen-bond acceptors (Lipinski definition) is 2. The predicted octanol–water partition coefficient (Wildman–Crippen LogP) is 4.15. The van der Waals surface area contributed by atoms with Gasteiger partial charge >= 0.3 is 0 Å². The number of rotatable bonds is 5. The molecule has 0 saturated carbocycles. The van der Waals surface area contributed by atoms with Gasteiger partial charge in [-0.15, -0.1) is 0 Å². The van der Waals surface area contributed by atoms with E-state index in [1.807, 2.05) is 6.07 Å². The molecule has 0 amide bonds. The highest BCUT2D eigenvalue weighted by Crippen LogP contribution is 2.29. The summed E-state index contributed by atoms with van der Waals surface area (Å²) in [6.45, 7) is 9.50. The monoisotopic (exact) mass is 271 g/mol. The molecule has 2 aromatic rings. The normalized spacial score (nSPS) is 12.8. The summed E-state index contributed by atoms with van der Waals surface area (Å²) in [7, 11) is 0. The number of imidazole rings is 1. The van der Waals surface area contributed by atoms with Crippen molar-refractivity contribution in [3.8, 4) is 0 Å². The summed E-state index contributed by atoms with van der Waals surface area (Å²) in [5.74, 6) is 2.69. The first kappa shape index (κ1) is 14.6. The summed E-state index contributed by atoms with van der Waals surface area (Å²) in [4.78, 5) is 4.81. The number of anilines is 1. The smallest absolute Gasteiger partial charge is 0.127 e. The average Bonchev–Trinajstić information content (AvgIpc) is 2.77. The van der Waals surface area contributed by atoms with Gasteiger partial charge in [0, 0.05) is 11.8 Å². The Morgan fingerprint density at radius 1 is 1.15 bits per heavy atom. The third kappa shape index (κ3) is 2.87. The van der Waals surface area contributed by atoms with Gasteiger partial charge in [0.2, 0.25) is 0 Å². The fourth-order valence-electron chi connectivity index (χ4n) is 2.43. The van der Waals surface area contributed by atoms with E-state index in [-0.39, 0.29) is 0 Å². The number of benzene rings is 1. The lowest BCUT2D eigenvalue weighted by atomic mass is 10.1. The van der Waals surface area contributed by atoms with Crippen molar-refractivity contribution in [3.05, 3.63) is 47.4 Å². The van der Waals surface area contributed by atoms with Crippen molar-refractivity contribution in [2.45, 2.75) is 52.5 Å². The van der Waals surface area contributed by atoms with Crippen LogP contribution in [0.25, 0.3) is 0 Å². The molecule has 0 radical (unpaired) electrons. The first-order valence-electron chi connectivity index (χ1n) is 7.44. The Kier molecular flexibility index (Phi) is 4.48. The van der Waals surface area contributed by atoms with Crippen LogP contribution in [0.2, 0.25) is 0 Å². The van der Waals surface area contributed by atoms with Gasteiger partial charge in [-0.2, -0.15) is 0 Å². The summed E-state index contributed by atoms with van der Waals surface area (Å²) in [5, 5.41) is 0. The van der Waals surface area contributed by atoms with E-state index in [9.17, 15) is 0 Å². The van der Waals surface area contributed by atoms with E-state index < -0.39 is 0 Å². The maximum atomic E-state index is 6.37. The molecule has 1 heterocycles. The topological polar surface area (TPSA) is 43.8 Å². The minimum atomic E-state index is 0.374. The van der Waals surface area contributed by atoms with Gasteiger partial charge in [-0.25, -0.2) is 4.98 Å². The van der Waals surface area contributed by atoms with Gasteiger partial charge in [-0.05, 0) is 12.0 Å². The van der Waals surface area contributed by atoms with Gasteiger partial charge in [0.25, 0.3) is 0 Å². The van der Waals surface area contributed by atoms with E-state index in [1.54, 1.807) is 0 Å². The summed E-state index contributed by atoms with van der Waals surface area (Å²) in [6.07, 6.45) is 1.06. The highest BCUT2D eigenvalue weighted by molar-refractivity contribution is 5.42. The molecule has 2 rings (SSSR count). The minimum Gasteiger partial charge on any atom is -0.384 e. The molecule has 1 unspecified atom stereocenters. The lowest BCUT2D eigenvalue weighted by Crippen LogP contribution is -2.10. The third-order valence-electron chi connectivity index (χ3n) is 3.84. The molecule has 0 aliphatic heterocycles. The molecule has 1 aromatic carbocycles. The predicted molar refractivity (Wildman–Crippen MR) is 85.0 cm³/mol. The summed E-state index contributed by atoms with van der Waals surface area (Å²) in [6, 6.07) is 10.4. The number of nitrogen functional groups attached to an aromatic ring is 1. The summed E-state index contributed by atoms with van der Waals surface area (Å²) >= 11 is 0. The fraction of sp³-hybridized carbons (Fsp3) is 0.471. The molecule has 0 fully saturated rings. The van der Waals surface area contributed by atoms with E-state index in [2.05, 4.69) is 56.5 Å². The molecule has 108 valence electrons. The van der Waals surface area contributed by atoms with E-state index in [0.717, 1.165) is 30.3 Å². The molecule has 0 aliphatic rings. The van der Waals surface area contributed by atoms with E-state index in [4.69, 9.17) is 10.7 Å². The van der Waals surface area contributed by atoms with Crippen LogP contribution in [0.1, 0.15) is 63.0 Å². The van der Waals surface area contributed by atoms with Crippen LogP contribution < -0.4 is 5.73 Å². The zero-order valence-corrected chi connectivity index (χ0v) is 12.9. The Labute approximate surface area is 121 Å². The maximum Gasteiger partial charge on any atom is 0.127 e. The Morgan fingerprint density at radius 3 is 2.35 bits per heavy atom. The van der Waals surface area contributed by atoms with Crippen LogP contribution in [0, 0.1) is 0 Å². The lowest BCUT2D eigenvalue weighted by Gasteiger charge is -2.12. The van der Waals surface area contributed by atoms with Crippen LogP contribution >= 0.6 is 0 Å². The average molecular weight is 271 g/mol. The molecule has 2 N–H and O–H groups in total. The van der Waals surface area contributed by atoms with Crippen molar-refractivity contribution in [2.75, 3.05) is 5.73 Å². The SMILES string of the molecule is CCC(C)c1nc(C(C)C)n(Cc2ccccc2)c1N. The molecular formula is C17H25N3. The molecule has 20 heavy (non-hydrogen) atoms. The highest BCUT2D eigenvalue weighted by atomic mass is 15.1. The van der Waals surface area contributed by atoms with Gasteiger partial charge in [0.1, 0.15) is 11.6 Å². The summed E-state index contributed by atoms with van der Waals surface area (Å²) in [5.41, 5.74) is 8.67. The highest BCUT2D eigenvalue weighted by Gasteiger charge is 2.20. The van der Waals surface area contributed by atoms with Crippen molar-refractivity contribution in [3.63, 3.8) is 0 Å². The Balaban J connectivity index is 2.42. The van der Waals surface area contributed by atoms with Gasteiger partial charge in [-0.1, -0.05) is 58.0 Å². The molecule has 0 spiro atoms. The van der Waals surface area contributed by atoms with Crippen LogP contribution in [0.5, 0.6) is 0 Å². The molecule has 3 nitrogen and oxygen atoms in total. The third-order valence-corrected chi connectivity index (χ3v) is 3.84. The fourth-order valence-corrected chi connectivity index (χ4v) is 2.43. The summed E-state index contributed by atoms with van der Waals surface area (Å²) < 4.78 is 2.17. The molecule has 0 aliphatic carbocycles. The van der Waals surface area contributed by atoms with Gasteiger partial charge in [-0.3, -0.25) is 0 Å². The second-order valence-electron chi connectivity index (χ2n) is 5.78. The molecular weight excluding hydrogens is 246 g/mol. The van der Waals surface area contributed by atoms with Crippen LogP contribution in [-0.2, 0) is 6.54 Å². The molecule has 1 aromatic heterocycles. The first-order chi connectivity index (χ1) is 9.54. The first-order valence-corrected chi connectivity index (χ1v) is 7.44. The molecule has 0 saturated heterocycles. The number of nitrogens with zero attached hydrogens (tertiary/aromatic N) is 2. The minimum absolute atomic E-state index is 0.374. The van der Waals surface area contributed by atoms with Crippen LogP contribution in [0.3, 0.4) is 0 Å². The number of hydrogen-bond donors (Lipinski definition) is 1. The molecule has 3 heteroatoms. The van der Waals surface area contributed by atoms with Crippen molar-refractivity contribution in [1.29, 1.82) is 0 Å². The Morgan fingerprint density at radius 2 is 1.80 bits per heavy atom. The Hall–Kier alpha value is -1.77. The van der Waals surface area contributed by atoms with Crippen molar-refractivity contribution in [2.24, 2.45) is 0 Å². The lowest BCUT2D eigenvalue weighted by molar-refractivity contribution is 0.671. The van der Waals surface area contributed by atoms with Crippen LogP contribution in [-0.4, -0.2) is 9.55 Å². The zero-order valence-electron chi connectivity index (χ0n) is 12.9. The Bertz CT molecular complexity index is 555. The molecule has 1 atom stereocenters. The van der Waals surface area contributed by atoms with Gasteiger partial charge in [0.05, 0.1) is 12.2 Å². The van der Waals surface area contributed by atoms with E-state index in [1.165, 1.54) is 5.56 Å². The van der Waals surface area contributed by atoms with Gasteiger partial charge in [0.15, 0.2) is 0 Å². The number of nitrogens with two attached hydrogens (primary N) is 1. The van der Waals surface area contributed by atoms with Crippen molar-refractivity contribution >= 4 is 5.82 Å². The second kappa shape index (κ2) is 6.12. The van der Waals surface area contributed by atoms with Crippen molar-refractivity contribution < 1.29 is 0 Å². The largest absolute Gasteiger partial charge is 0.384 e. The zero-order chi connectivity index (χ0) is 14.7.